The second-order valence-electron chi connectivity index (χ2n) is 13.9. The fourth-order valence-electron chi connectivity index (χ4n) is 9.46. The summed E-state index contributed by atoms with van der Waals surface area (Å²) in [5.74, 6) is -8.50. The van der Waals surface area contributed by atoms with E-state index in [-0.39, 0.29) is 53.5 Å². The van der Waals surface area contributed by atoms with E-state index in [4.69, 9.17) is 23.7 Å². The molecule has 0 amide bonds. The Morgan fingerprint density at radius 2 is 1.58 bits per heavy atom. The van der Waals surface area contributed by atoms with Crippen LogP contribution in [0.4, 0.5) is 0 Å². The van der Waals surface area contributed by atoms with Crippen LogP contribution < -0.4 is 0 Å². The predicted octanol–water partition coefficient (Wildman–Crippen LogP) is 2.40. The number of carbonyl (C=O) groups excluding carboxylic acids is 5. The van der Waals surface area contributed by atoms with Crippen LogP contribution in [0.15, 0.2) is 6.07 Å². The number of Topliss-reactive ketones (excluding diaryl/α,β-unsaturated/α-hetero) is 3. The number of aromatic hydroxyl groups is 3. The zero-order valence-electron chi connectivity index (χ0n) is 27.3. The Labute approximate surface area is 283 Å². The van der Waals surface area contributed by atoms with Crippen molar-refractivity contribution in [3.8, 4) is 17.2 Å². The summed E-state index contributed by atoms with van der Waals surface area (Å²) in [4.78, 5) is 79.6. The first-order chi connectivity index (χ1) is 23.5. The maximum atomic E-state index is 14.4. The maximum absolute atomic E-state index is 14.4. The summed E-state index contributed by atoms with van der Waals surface area (Å²) in [5.41, 5.74) is -7.10. The number of fused-ring (bicyclic) bond motifs is 9. The lowest BCUT2D eigenvalue weighted by atomic mass is 9.66. The van der Waals surface area contributed by atoms with E-state index in [1.54, 1.807) is 6.92 Å². The molecule has 0 saturated carbocycles. The largest absolute Gasteiger partial charge is 0.507 e. The molecule has 2 fully saturated rings. The first-order valence-corrected chi connectivity index (χ1v) is 16.2. The summed E-state index contributed by atoms with van der Waals surface area (Å²) >= 11 is 0. The molecule has 8 rings (SSSR count). The molecule has 2 bridgehead atoms. The second kappa shape index (κ2) is 10.1. The number of aliphatic carboxylic acids is 1. The van der Waals surface area contributed by atoms with Crippen molar-refractivity contribution in [1.82, 2.24) is 0 Å². The highest BCUT2D eigenvalue weighted by atomic mass is 16.7. The first-order valence-electron chi connectivity index (χ1n) is 16.2. The number of phenols is 3. The van der Waals surface area contributed by atoms with Gasteiger partial charge in [-0.2, -0.15) is 0 Å². The van der Waals surface area contributed by atoms with Crippen LogP contribution in [-0.4, -0.2) is 92.3 Å². The van der Waals surface area contributed by atoms with Crippen LogP contribution in [0.3, 0.4) is 0 Å². The molecule has 2 aromatic carbocycles. The normalized spacial score (nSPS) is 34.0. The summed E-state index contributed by atoms with van der Waals surface area (Å²) in [6.45, 7) is 4.18. The molecule has 0 radical (unpaired) electrons. The highest BCUT2D eigenvalue weighted by Gasteiger charge is 2.86. The zero-order chi connectivity index (χ0) is 36.0. The number of carboxylic acid groups (broad SMARTS) is 1. The standard InChI is InChI=1S/C35H32O15/c1-11-21-14(5-15(47-11)8-20(39)46-4)6-18-23(28(21)41)27(40)17-10-33(18,49-13(3)36)26-22(17)29(42)24-25(30(26)43)31(44)34-9-16(7-19(37)38)48-12(2)35(34,50-34)32(24)45/h6,11-12,15-17,41-43H,5,7-10H2,1-4H3,(H,37,38)/t11-,12-,15+,16-,17-,33+,34-,35+/m0/s1. The van der Waals surface area contributed by atoms with Crippen molar-refractivity contribution in [1.29, 1.82) is 0 Å². The third-order valence-corrected chi connectivity index (χ3v) is 11.3. The van der Waals surface area contributed by atoms with E-state index in [9.17, 15) is 49.2 Å². The Hall–Kier alpha value is -4.86. The second-order valence-corrected chi connectivity index (χ2v) is 13.9. The Morgan fingerprint density at radius 3 is 2.24 bits per heavy atom. The number of rotatable bonds is 5. The molecule has 2 aromatic rings. The smallest absolute Gasteiger partial charge is 0.308 e. The van der Waals surface area contributed by atoms with Crippen molar-refractivity contribution >= 4 is 35.3 Å². The fourth-order valence-corrected chi connectivity index (χ4v) is 9.46. The summed E-state index contributed by atoms with van der Waals surface area (Å²) in [7, 11) is 1.23. The number of benzene rings is 2. The van der Waals surface area contributed by atoms with Crippen LogP contribution in [-0.2, 0) is 50.1 Å². The van der Waals surface area contributed by atoms with Gasteiger partial charge in [0.2, 0.25) is 11.6 Å². The number of hydrogen-bond donors (Lipinski definition) is 4. The van der Waals surface area contributed by atoms with E-state index in [0.29, 0.717) is 5.56 Å². The molecule has 15 nitrogen and oxygen atoms in total. The number of epoxide rings is 1. The summed E-state index contributed by atoms with van der Waals surface area (Å²) < 4.78 is 28.4. The highest BCUT2D eigenvalue weighted by Crippen LogP contribution is 2.69. The molecular weight excluding hydrogens is 660 g/mol. The molecule has 6 aliphatic rings. The number of phenolic OH excluding ortho intramolecular Hbond substituents is 3. The van der Waals surface area contributed by atoms with Gasteiger partial charge in [-0.15, -0.1) is 0 Å². The highest BCUT2D eigenvalue weighted by molar-refractivity contribution is 6.28. The number of carbonyl (C=O) groups is 6. The topological polar surface area (TPSA) is 233 Å². The lowest BCUT2D eigenvalue weighted by Gasteiger charge is -2.39. The third-order valence-electron chi connectivity index (χ3n) is 11.3. The third kappa shape index (κ3) is 3.74. The molecule has 3 aliphatic heterocycles. The first kappa shape index (κ1) is 32.4. The Balaban J connectivity index is 1.35. The molecule has 3 heterocycles. The maximum Gasteiger partial charge on any atom is 0.308 e. The van der Waals surface area contributed by atoms with Crippen LogP contribution in [0.1, 0.15) is 117 Å². The number of carboxylic acids is 1. The molecule has 0 unspecified atom stereocenters. The SMILES string of the molecule is COC(=O)C[C@H]1Cc2cc3c(c(O)c2[C@H](C)O1)C(=O)[C@H]1C[C@]3(OC(C)=O)c2c(O)c3c(c(O)c21)C(=O)[C@@]12O[C@@]1(C[C@H](CC(=O)O)O[C@H]2C)C3=O. The van der Waals surface area contributed by atoms with Crippen LogP contribution in [0, 0.1) is 0 Å². The minimum atomic E-state index is -2.02. The molecule has 262 valence electrons. The van der Waals surface area contributed by atoms with E-state index in [1.165, 1.54) is 20.1 Å². The number of ketones is 3. The molecule has 4 N–H and O–H groups in total. The van der Waals surface area contributed by atoms with Crippen LogP contribution in [0.2, 0.25) is 0 Å². The molecule has 0 spiro atoms. The van der Waals surface area contributed by atoms with Gasteiger partial charge >= 0.3 is 17.9 Å². The van der Waals surface area contributed by atoms with Gasteiger partial charge in [0, 0.05) is 36.5 Å². The monoisotopic (exact) mass is 692 g/mol. The van der Waals surface area contributed by atoms with Crippen molar-refractivity contribution < 1.29 is 72.9 Å². The summed E-state index contributed by atoms with van der Waals surface area (Å²) in [5, 5.41) is 45.2. The number of esters is 2. The van der Waals surface area contributed by atoms with E-state index in [1.807, 2.05) is 0 Å². The van der Waals surface area contributed by atoms with Crippen molar-refractivity contribution in [2.75, 3.05) is 7.11 Å². The fraction of sp³-hybridized carbons (Fsp3) is 0.486. The molecule has 2 saturated heterocycles. The molecule has 8 atom stereocenters. The minimum absolute atomic E-state index is 0.0181. The van der Waals surface area contributed by atoms with Crippen LogP contribution in [0.25, 0.3) is 0 Å². The van der Waals surface area contributed by atoms with E-state index in [0.717, 1.165) is 6.92 Å². The molecule has 3 aliphatic carbocycles. The van der Waals surface area contributed by atoms with Gasteiger partial charge in [0.05, 0.1) is 72.5 Å². The molecule has 50 heavy (non-hydrogen) atoms. The predicted molar refractivity (Wildman–Crippen MR) is 162 cm³/mol. The summed E-state index contributed by atoms with van der Waals surface area (Å²) in [6.07, 6.45) is -4.76. The van der Waals surface area contributed by atoms with Crippen LogP contribution >= 0.6 is 0 Å². The van der Waals surface area contributed by atoms with Crippen molar-refractivity contribution in [3.63, 3.8) is 0 Å². The van der Waals surface area contributed by atoms with E-state index >= 15 is 0 Å². The van der Waals surface area contributed by atoms with Crippen molar-refractivity contribution in [2.24, 2.45) is 0 Å². The van der Waals surface area contributed by atoms with Gasteiger partial charge in [0.15, 0.2) is 22.6 Å². The Bertz CT molecular complexity index is 2030. The Morgan fingerprint density at radius 1 is 0.900 bits per heavy atom. The number of ether oxygens (including phenoxy) is 5. The van der Waals surface area contributed by atoms with Crippen molar-refractivity contribution in [3.05, 3.63) is 50.6 Å². The molecular formula is C35H32O15. The average molecular weight is 693 g/mol. The van der Waals surface area contributed by atoms with Gasteiger partial charge < -0.3 is 44.1 Å². The number of hydrogen-bond acceptors (Lipinski definition) is 14. The molecule has 0 aromatic heterocycles. The van der Waals surface area contributed by atoms with Crippen molar-refractivity contribution in [2.45, 2.75) is 100 Å². The summed E-state index contributed by atoms with van der Waals surface area (Å²) in [6, 6.07) is 1.53. The van der Waals surface area contributed by atoms with Gasteiger partial charge in [-0.1, -0.05) is 0 Å². The lowest BCUT2D eigenvalue weighted by Crippen LogP contribution is -2.57. The van der Waals surface area contributed by atoms with Gasteiger partial charge in [0.1, 0.15) is 17.2 Å². The lowest BCUT2D eigenvalue weighted by molar-refractivity contribution is -0.154. The van der Waals surface area contributed by atoms with E-state index in [2.05, 4.69) is 0 Å². The number of methoxy groups -OCH3 is 1. The van der Waals surface area contributed by atoms with Gasteiger partial charge in [-0.3, -0.25) is 28.8 Å². The van der Waals surface area contributed by atoms with Gasteiger partial charge in [-0.25, -0.2) is 0 Å². The minimum Gasteiger partial charge on any atom is -0.507 e. The molecule has 15 heteroatoms. The van der Waals surface area contributed by atoms with Gasteiger partial charge in [0.25, 0.3) is 0 Å². The van der Waals surface area contributed by atoms with Crippen LogP contribution in [0.5, 0.6) is 17.2 Å². The van der Waals surface area contributed by atoms with Gasteiger partial charge in [-0.05, 0) is 31.9 Å². The average Bonchev–Trinajstić information content (AvgIpc) is 3.65. The quantitative estimate of drug-likeness (QED) is 0.200. The Kier molecular flexibility index (Phi) is 6.54. The zero-order valence-corrected chi connectivity index (χ0v) is 27.3. The van der Waals surface area contributed by atoms with E-state index < -0.39 is 117 Å².